The predicted octanol–water partition coefficient (Wildman–Crippen LogP) is 11.0. The summed E-state index contributed by atoms with van der Waals surface area (Å²) in [6, 6.07) is 0. The van der Waals surface area contributed by atoms with E-state index in [1.807, 2.05) is 0 Å². The molecular weight excluding hydrogens is 544 g/mol. The number of ketones is 2. The molecule has 0 rings (SSSR count). The van der Waals surface area contributed by atoms with Crippen LogP contribution in [0.3, 0.4) is 0 Å². The standard InChI is InChI=1S/C37H67ClO4/c1-3-5-7-9-11-13-15-17-18-20-21-23-25-27-29-31-35(39)34(33-38)37(41,42)36(40)32-30-28-26-24-22-19-16-14-12-10-8-6-4-2/h11,13,17-18,34,41-42H,3-10,12,14-16,19-33H2,1-2H3/b13-11-,18-17-. The summed E-state index contributed by atoms with van der Waals surface area (Å²) >= 11 is 5.94. The van der Waals surface area contributed by atoms with Gasteiger partial charge in [-0.15, -0.1) is 11.6 Å². The second kappa shape index (κ2) is 30.1. The van der Waals surface area contributed by atoms with E-state index in [1.54, 1.807) is 0 Å². The summed E-state index contributed by atoms with van der Waals surface area (Å²) in [5.74, 6) is -5.16. The first-order valence-electron chi connectivity index (χ1n) is 17.8. The SMILES string of the molecule is CCCCC/C=C\C/C=C\CCCCCCCC(=O)C(CCl)C(O)(O)C(=O)CCCCCCCCCCCCCCC. The maximum atomic E-state index is 12.7. The number of allylic oxidation sites excluding steroid dienone is 4. The molecule has 42 heavy (non-hydrogen) atoms. The van der Waals surface area contributed by atoms with Crippen molar-refractivity contribution in [1.29, 1.82) is 0 Å². The number of rotatable bonds is 32. The van der Waals surface area contributed by atoms with Crippen LogP contribution < -0.4 is 0 Å². The number of alkyl halides is 1. The van der Waals surface area contributed by atoms with Crippen LogP contribution in [0, 0.1) is 5.92 Å². The van der Waals surface area contributed by atoms with Gasteiger partial charge in [-0.3, -0.25) is 9.59 Å². The van der Waals surface area contributed by atoms with Crippen LogP contribution in [0.4, 0.5) is 0 Å². The summed E-state index contributed by atoms with van der Waals surface area (Å²) < 4.78 is 0. The smallest absolute Gasteiger partial charge is 0.235 e. The van der Waals surface area contributed by atoms with E-state index in [0.717, 1.165) is 57.8 Å². The number of hydrogen-bond donors (Lipinski definition) is 2. The van der Waals surface area contributed by atoms with Crippen molar-refractivity contribution in [3.8, 4) is 0 Å². The zero-order valence-corrected chi connectivity index (χ0v) is 28.3. The number of unbranched alkanes of at least 4 members (excludes halogenated alkanes) is 20. The van der Waals surface area contributed by atoms with E-state index in [2.05, 4.69) is 38.2 Å². The lowest BCUT2D eigenvalue weighted by molar-refractivity contribution is -0.201. The van der Waals surface area contributed by atoms with Gasteiger partial charge in [0.1, 0.15) is 5.78 Å². The molecule has 0 saturated carbocycles. The molecular formula is C37H67ClO4. The number of halogens is 1. The van der Waals surface area contributed by atoms with Gasteiger partial charge >= 0.3 is 0 Å². The van der Waals surface area contributed by atoms with Crippen LogP contribution in [0.1, 0.15) is 181 Å². The number of carbonyl (C=O) groups excluding carboxylic acids is 2. The maximum absolute atomic E-state index is 12.7. The highest BCUT2D eigenvalue weighted by Gasteiger charge is 2.44. The molecule has 0 bridgehead atoms. The van der Waals surface area contributed by atoms with E-state index in [4.69, 9.17) is 11.6 Å². The van der Waals surface area contributed by atoms with Crippen molar-refractivity contribution in [2.75, 3.05) is 5.88 Å². The Hall–Kier alpha value is -0.970. The minimum Gasteiger partial charge on any atom is -0.359 e. The third kappa shape index (κ3) is 23.5. The monoisotopic (exact) mass is 610 g/mol. The zero-order chi connectivity index (χ0) is 31.2. The van der Waals surface area contributed by atoms with Crippen LogP contribution >= 0.6 is 11.6 Å². The highest BCUT2D eigenvalue weighted by atomic mass is 35.5. The second-order valence-electron chi connectivity index (χ2n) is 12.3. The summed E-state index contributed by atoms with van der Waals surface area (Å²) in [7, 11) is 0. The van der Waals surface area contributed by atoms with Crippen molar-refractivity contribution in [2.24, 2.45) is 5.92 Å². The molecule has 0 spiro atoms. The zero-order valence-electron chi connectivity index (χ0n) is 27.6. The van der Waals surface area contributed by atoms with Crippen LogP contribution in [0.15, 0.2) is 24.3 Å². The lowest BCUT2D eigenvalue weighted by Gasteiger charge is -2.27. The third-order valence-corrected chi connectivity index (χ3v) is 8.63. The Morgan fingerprint density at radius 1 is 0.571 bits per heavy atom. The van der Waals surface area contributed by atoms with E-state index >= 15 is 0 Å². The van der Waals surface area contributed by atoms with Crippen LogP contribution in [0.2, 0.25) is 0 Å². The molecule has 0 fully saturated rings. The van der Waals surface area contributed by atoms with Crippen molar-refractivity contribution >= 4 is 23.2 Å². The summed E-state index contributed by atoms with van der Waals surface area (Å²) in [6.07, 6.45) is 37.0. The second-order valence-corrected chi connectivity index (χ2v) is 12.6. The molecule has 2 N–H and O–H groups in total. The summed E-state index contributed by atoms with van der Waals surface area (Å²) in [4.78, 5) is 25.2. The molecule has 246 valence electrons. The molecule has 1 atom stereocenters. The van der Waals surface area contributed by atoms with Crippen LogP contribution in [-0.2, 0) is 9.59 Å². The van der Waals surface area contributed by atoms with Gasteiger partial charge in [0.2, 0.25) is 5.79 Å². The van der Waals surface area contributed by atoms with Gasteiger partial charge in [0.15, 0.2) is 5.78 Å². The molecule has 1 unspecified atom stereocenters. The van der Waals surface area contributed by atoms with Gasteiger partial charge in [-0.25, -0.2) is 0 Å². The molecule has 0 aliphatic rings. The van der Waals surface area contributed by atoms with E-state index < -0.39 is 17.5 Å². The molecule has 0 heterocycles. The summed E-state index contributed by atoms with van der Waals surface area (Å²) in [6.45, 7) is 4.48. The fourth-order valence-electron chi connectivity index (χ4n) is 5.38. The third-order valence-electron chi connectivity index (χ3n) is 8.32. The van der Waals surface area contributed by atoms with Gasteiger partial charge in [-0.05, 0) is 44.9 Å². The van der Waals surface area contributed by atoms with Crippen LogP contribution in [-0.4, -0.2) is 33.4 Å². The van der Waals surface area contributed by atoms with Gasteiger partial charge in [0.05, 0.1) is 5.92 Å². The largest absolute Gasteiger partial charge is 0.359 e. The minimum atomic E-state index is -2.66. The van der Waals surface area contributed by atoms with E-state index in [9.17, 15) is 19.8 Å². The maximum Gasteiger partial charge on any atom is 0.235 e. The molecule has 0 aliphatic carbocycles. The van der Waals surface area contributed by atoms with Gasteiger partial charge in [-0.1, -0.05) is 147 Å². The fourth-order valence-corrected chi connectivity index (χ4v) is 5.77. The lowest BCUT2D eigenvalue weighted by Crippen LogP contribution is -2.50. The quantitative estimate of drug-likeness (QED) is 0.0344. The average molecular weight is 611 g/mol. The van der Waals surface area contributed by atoms with Crippen LogP contribution in [0.25, 0.3) is 0 Å². The summed E-state index contributed by atoms with van der Waals surface area (Å²) in [5.41, 5.74) is 0. The highest BCUT2D eigenvalue weighted by molar-refractivity contribution is 6.20. The highest BCUT2D eigenvalue weighted by Crippen LogP contribution is 2.24. The van der Waals surface area contributed by atoms with Gasteiger partial charge in [-0.2, -0.15) is 0 Å². The Morgan fingerprint density at radius 3 is 1.43 bits per heavy atom. The van der Waals surface area contributed by atoms with Crippen molar-refractivity contribution in [3.05, 3.63) is 24.3 Å². The Bertz CT molecular complexity index is 685. The first kappa shape index (κ1) is 41.0. The molecule has 0 aliphatic heterocycles. The predicted molar refractivity (Wildman–Crippen MR) is 181 cm³/mol. The van der Waals surface area contributed by atoms with Crippen molar-refractivity contribution < 1.29 is 19.8 Å². The van der Waals surface area contributed by atoms with Crippen molar-refractivity contribution in [3.63, 3.8) is 0 Å². The Balaban J connectivity index is 3.92. The van der Waals surface area contributed by atoms with E-state index in [1.165, 1.54) is 83.5 Å². The first-order chi connectivity index (χ1) is 20.4. The van der Waals surface area contributed by atoms with Crippen molar-refractivity contribution in [1.82, 2.24) is 0 Å². The number of Topliss-reactive ketones (excluding diaryl/α,β-unsaturated/α-hetero) is 2. The molecule has 0 amide bonds. The Labute approximate surface area is 265 Å². The number of hydrogen-bond acceptors (Lipinski definition) is 4. The van der Waals surface area contributed by atoms with Crippen molar-refractivity contribution in [2.45, 2.75) is 187 Å². The Kier molecular flexibility index (Phi) is 29.4. The van der Waals surface area contributed by atoms with Gasteiger partial charge in [0, 0.05) is 18.7 Å². The summed E-state index contributed by atoms with van der Waals surface area (Å²) in [5, 5.41) is 21.0. The van der Waals surface area contributed by atoms with E-state index in [0.29, 0.717) is 12.8 Å². The normalized spacial score (nSPS) is 13.0. The molecule has 4 nitrogen and oxygen atoms in total. The van der Waals surface area contributed by atoms with Crippen LogP contribution in [0.5, 0.6) is 0 Å². The molecule has 0 radical (unpaired) electrons. The van der Waals surface area contributed by atoms with E-state index in [-0.39, 0.29) is 24.5 Å². The molecule has 0 saturated heterocycles. The first-order valence-corrected chi connectivity index (χ1v) is 18.3. The molecule has 0 aromatic carbocycles. The minimum absolute atomic E-state index is 0.0785. The van der Waals surface area contributed by atoms with Gasteiger partial charge in [0.25, 0.3) is 0 Å². The number of carbonyl (C=O) groups is 2. The lowest BCUT2D eigenvalue weighted by atomic mass is 9.87. The average Bonchev–Trinajstić information content (AvgIpc) is 2.97. The van der Waals surface area contributed by atoms with Gasteiger partial charge < -0.3 is 10.2 Å². The number of aliphatic hydroxyl groups is 2. The molecule has 0 aromatic heterocycles. The Morgan fingerprint density at radius 2 is 0.952 bits per heavy atom. The fraction of sp³-hybridized carbons (Fsp3) is 0.838. The molecule has 5 heteroatoms. The topological polar surface area (TPSA) is 74.6 Å². The molecule has 0 aromatic rings.